The van der Waals surface area contributed by atoms with Gasteiger partial charge in [0.25, 0.3) is 0 Å². The molecule has 3 heteroatoms. The Morgan fingerprint density at radius 3 is 2.47 bits per heavy atom. The van der Waals surface area contributed by atoms with Crippen molar-refractivity contribution in [2.45, 2.75) is 13.8 Å². The maximum atomic E-state index is 13.5. The second-order valence-corrected chi connectivity index (χ2v) is 3.03. The molecular weight excluding hydrogens is 195 g/mol. The normalized spacial score (nSPS) is 11.9. The summed E-state index contributed by atoms with van der Waals surface area (Å²) in [5, 5.41) is 0. The summed E-state index contributed by atoms with van der Waals surface area (Å²) < 4.78 is 18.0. The molecular formula is C12H13FO2. The lowest BCUT2D eigenvalue weighted by atomic mass is 10.1. The lowest BCUT2D eigenvalue weighted by molar-refractivity contribution is -0.140. The summed E-state index contributed by atoms with van der Waals surface area (Å²) in [7, 11) is 0. The molecule has 0 radical (unpaired) electrons. The molecule has 0 bridgehead atoms. The van der Waals surface area contributed by atoms with E-state index < -0.39 is 11.8 Å². The number of halogens is 1. The first-order valence-corrected chi connectivity index (χ1v) is 4.75. The Morgan fingerprint density at radius 2 is 1.93 bits per heavy atom. The topological polar surface area (TPSA) is 26.3 Å². The molecule has 1 rings (SSSR count). The van der Waals surface area contributed by atoms with Crippen molar-refractivity contribution in [2.75, 3.05) is 6.61 Å². The molecule has 80 valence electrons. The standard InChI is InChI=1S/C12H13FO2/c1-3-15-12(14)11(13)9(2)10-7-5-4-6-8-10/h4-8H,3H2,1-2H3/b11-9+. The summed E-state index contributed by atoms with van der Waals surface area (Å²) >= 11 is 0. The number of ether oxygens (including phenoxy) is 1. The molecule has 0 heterocycles. The number of benzene rings is 1. The van der Waals surface area contributed by atoms with E-state index >= 15 is 0 Å². The van der Waals surface area contributed by atoms with Gasteiger partial charge in [-0.2, -0.15) is 4.39 Å². The van der Waals surface area contributed by atoms with Crippen LogP contribution in [0.5, 0.6) is 0 Å². The molecule has 0 atom stereocenters. The number of hydrogen-bond acceptors (Lipinski definition) is 2. The first kappa shape index (κ1) is 11.4. The van der Waals surface area contributed by atoms with Gasteiger partial charge in [0.1, 0.15) is 0 Å². The van der Waals surface area contributed by atoms with E-state index in [1.54, 1.807) is 38.1 Å². The third kappa shape index (κ3) is 2.91. The lowest BCUT2D eigenvalue weighted by Crippen LogP contribution is -2.05. The summed E-state index contributed by atoms with van der Waals surface area (Å²) in [6.45, 7) is 3.37. The molecule has 0 aromatic heterocycles. The smallest absolute Gasteiger partial charge is 0.367 e. The second-order valence-electron chi connectivity index (χ2n) is 3.03. The number of allylic oxidation sites excluding steroid dienone is 1. The predicted molar refractivity (Wildman–Crippen MR) is 56.8 cm³/mol. The van der Waals surface area contributed by atoms with Crippen molar-refractivity contribution < 1.29 is 13.9 Å². The molecule has 0 aliphatic carbocycles. The van der Waals surface area contributed by atoms with Gasteiger partial charge in [-0.3, -0.25) is 0 Å². The van der Waals surface area contributed by atoms with Crippen LogP contribution < -0.4 is 0 Å². The van der Waals surface area contributed by atoms with E-state index in [9.17, 15) is 9.18 Å². The Morgan fingerprint density at radius 1 is 1.33 bits per heavy atom. The molecule has 2 nitrogen and oxygen atoms in total. The van der Waals surface area contributed by atoms with Gasteiger partial charge < -0.3 is 4.74 Å². The quantitative estimate of drug-likeness (QED) is 0.564. The Labute approximate surface area is 88.4 Å². The summed E-state index contributed by atoms with van der Waals surface area (Å²) in [6.07, 6.45) is 0. The fourth-order valence-electron chi connectivity index (χ4n) is 1.16. The van der Waals surface area contributed by atoms with Crippen LogP contribution in [0.4, 0.5) is 4.39 Å². The van der Waals surface area contributed by atoms with Crippen molar-refractivity contribution in [3.05, 3.63) is 41.7 Å². The lowest BCUT2D eigenvalue weighted by Gasteiger charge is -2.04. The fraction of sp³-hybridized carbons (Fsp3) is 0.250. The summed E-state index contributed by atoms with van der Waals surface area (Å²) in [5.74, 6) is -1.73. The highest BCUT2D eigenvalue weighted by molar-refractivity contribution is 5.94. The number of carbonyl (C=O) groups is 1. The van der Waals surface area contributed by atoms with Crippen molar-refractivity contribution >= 4 is 11.5 Å². The van der Waals surface area contributed by atoms with Crippen LogP contribution >= 0.6 is 0 Å². The highest BCUT2D eigenvalue weighted by atomic mass is 19.1. The van der Waals surface area contributed by atoms with Crippen LogP contribution in [-0.2, 0) is 9.53 Å². The molecule has 15 heavy (non-hydrogen) atoms. The molecule has 0 aliphatic heterocycles. The van der Waals surface area contributed by atoms with Gasteiger partial charge in [0.15, 0.2) is 0 Å². The molecule has 0 unspecified atom stereocenters. The van der Waals surface area contributed by atoms with Crippen molar-refractivity contribution in [3.8, 4) is 0 Å². The molecule has 0 saturated carbocycles. The summed E-state index contributed by atoms with van der Waals surface area (Å²) in [4.78, 5) is 11.1. The molecule has 0 aliphatic rings. The van der Waals surface area contributed by atoms with Crippen molar-refractivity contribution in [1.29, 1.82) is 0 Å². The Kier molecular flexibility index (Phi) is 4.03. The SMILES string of the molecule is CCOC(=O)/C(F)=C(/C)c1ccccc1. The fourth-order valence-corrected chi connectivity index (χ4v) is 1.16. The molecule has 0 amide bonds. The molecule has 1 aromatic carbocycles. The van der Waals surface area contributed by atoms with Crippen molar-refractivity contribution in [3.63, 3.8) is 0 Å². The molecule has 1 aromatic rings. The number of rotatable bonds is 3. The third-order valence-electron chi connectivity index (χ3n) is 1.99. The highest BCUT2D eigenvalue weighted by Crippen LogP contribution is 2.19. The predicted octanol–water partition coefficient (Wildman–Crippen LogP) is 2.95. The third-order valence-corrected chi connectivity index (χ3v) is 1.99. The van der Waals surface area contributed by atoms with E-state index in [1.807, 2.05) is 6.07 Å². The van der Waals surface area contributed by atoms with Gasteiger partial charge in [-0.25, -0.2) is 4.79 Å². The van der Waals surface area contributed by atoms with E-state index in [1.165, 1.54) is 0 Å². The van der Waals surface area contributed by atoms with Crippen LogP contribution in [0.2, 0.25) is 0 Å². The average molecular weight is 208 g/mol. The zero-order valence-electron chi connectivity index (χ0n) is 8.79. The minimum Gasteiger partial charge on any atom is -0.461 e. The van der Waals surface area contributed by atoms with Crippen LogP contribution in [0.25, 0.3) is 5.57 Å². The first-order valence-electron chi connectivity index (χ1n) is 4.75. The number of hydrogen-bond donors (Lipinski definition) is 0. The Bertz CT molecular complexity index is 368. The largest absolute Gasteiger partial charge is 0.461 e. The monoisotopic (exact) mass is 208 g/mol. The summed E-state index contributed by atoms with van der Waals surface area (Å²) in [6, 6.07) is 8.90. The van der Waals surface area contributed by atoms with Gasteiger partial charge in [-0.1, -0.05) is 30.3 Å². The minimum absolute atomic E-state index is 0.175. The maximum absolute atomic E-state index is 13.5. The summed E-state index contributed by atoms with van der Waals surface area (Å²) in [5.41, 5.74) is 0.983. The molecule has 0 N–H and O–H groups in total. The Balaban J connectivity index is 2.95. The van der Waals surface area contributed by atoms with Gasteiger partial charge in [-0.05, 0) is 25.0 Å². The van der Waals surface area contributed by atoms with Crippen LogP contribution in [0.3, 0.4) is 0 Å². The van der Waals surface area contributed by atoms with Crippen molar-refractivity contribution in [1.82, 2.24) is 0 Å². The van der Waals surface area contributed by atoms with E-state index in [-0.39, 0.29) is 6.61 Å². The molecule has 0 saturated heterocycles. The van der Waals surface area contributed by atoms with E-state index in [2.05, 4.69) is 4.74 Å². The molecule has 0 fully saturated rings. The average Bonchev–Trinajstić information content (AvgIpc) is 2.28. The number of esters is 1. The number of carbonyl (C=O) groups excluding carboxylic acids is 1. The van der Waals surface area contributed by atoms with E-state index in [0.29, 0.717) is 11.1 Å². The van der Waals surface area contributed by atoms with Crippen LogP contribution in [0.15, 0.2) is 36.2 Å². The van der Waals surface area contributed by atoms with E-state index in [4.69, 9.17) is 0 Å². The van der Waals surface area contributed by atoms with Gasteiger partial charge in [0.05, 0.1) is 6.61 Å². The van der Waals surface area contributed by atoms with Gasteiger partial charge in [0.2, 0.25) is 5.83 Å². The minimum atomic E-state index is -0.904. The maximum Gasteiger partial charge on any atom is 0.367 e. The molecule has 0 spiro atoms. The van der Waals surface area contributed by atoms with Crippen molar-refractivity contribution in [2.24, 2.45) is 0 Å². The van der Waals surface area contributed by atoms with Gasteiger partial charge in [0, 0.05) is 0 Å². The van der Waals surface area contributed by atoms with Crippen LogP contribution in [-0.4, -0.2) is 12.6 Å². The zero-order valence-corrected chi connectivity index (χ0v) is 8.79. The van der Waals surface area contributed by atoms with Gasteiger partial charge >= 0.3 is 5.97 Å². The first-order chi connectivity index (χ1) is 7.16. The van der Waals surface area contributed by atoms with Crippen LogP contribution in [0.1, 0.15) is 19.4 Å². The zero-order chi connectivity index (χ0) is 11.3. The van der Waals surface area contributed by atoms with Gasteiger partial charge in [-0.15, -0.1) is 0 Å². The highest BCUT2D eigenvalue weighted by Gasteiger charge is 2.14. The Hall–Kier alpha value is -1.64. The second kappa shape index (κ2) is 5.29. The van der Waals surface area contributed by atoms with E-state index in [0.717, 1.165) is 0 Å². The van der Waals surface area contributed by atoms with Crippen LogP contribution in [0, 0.1) is 0 Å².